The number of urea groups is 1. The van der Waals surface area contributed by atoms with Crippen molar-refractivity contribution in [2.45, 2.75) is 56.7 Å². The van der Waals surface area contributed by atoms with Crippen LogP contribution in [0.15, 0.2) is 24.3 Å². The second-order valence-corrected chi connectivity index (χ2v) is 9.06. The second-order valence-electron chi connectivity index (χ2n) is 9.06. The molecule has 32 heavy (non-hydrogen) atoms. The highest BCUT2D eigenvalue weighted by Crippen LogP contribution is 2.32. The van der Waals surface area contributed by atoms with Crippen LogP contribution in [-0.2, 0) is 0 Å². The van der Waals surface area contributed by atoms with Gasteiger partial charge in [-0.15, -0.1) is 12.4 Å². The molecule has 2 unspecified atom stereocenters. The Morgan fingerprint density at radius 2 is 1.91 bits per heavy atom. The number of halogens is 2. The molecule has 0 bridgehead atoms. The molecule has 1 saturated carbocycles. The van der Waals surface area contributed by atoms with Crippen LogP contribution in [0, 0.1) is 5.82 Å². The molecule has 1 aliphatic carbocycles. The van der Waals surface area contributed by atoms with Gasteiger partial charge in [0.2, 0.25) is 0 Å². The molecule has 1 aromatic carbocycles. The van der Waals surface area contributed by atoms with Crippen molar-refractivity contribution in [3.63, 3.8) is 0 Å². The monoisotopic (exact) mass is 463 g/mol. The van der Waals surface area contributed by atoms with Gasteiger partial charge in [0.1, 0.15) is 11.5 Å². The predicted octanol–water partition coefficient (Wildman–Crippen LogP) is 3.26. The van der Waals surface area contributed by atoms with Gasteiger partial charge in [0, 0.05) is 43.1 Å². The highest BCUT2D eigenvalue weighted by Gasteiger charge is 2.44. The Balaban J connectivity index is 0.00000245. The fraction of sp³-hybridized carbons (Fsp3) is 0.565. The molecule has 0 spiro atoms. The maximum absolute atomic E-state index is 13.3. The lowest BCUT2D eigenvalue weighted by Crippen LogP contribution is -2.50. The molecule has 2 saturated heterocycles. The molecule has 3 N–H and O–H groups in total. The molecule has 2 aliphatic heterocycles. The second kappa shape index (κ2) is 9.67. The van der Waals surface area contributed by atoms with Crippen molar-refractivity contribution in [1.29, 1.82) is 0 Å². The van der Waals surface area contributed by atoms with Gasteiger partial charge in [-0.05, 0) is 49.9 Å². The zero-order valence-electron chi connectivity index (χ0n) is 18.1. The van der Waals surface area contributed by atoms with Crippen LogP contribution < -0.4 is 10.6 Å². The number of H-pyrrole nitrogens is 1. The van der Waals surface area contributed by atoms with E-state index in [0.29, 0.717) is 35.8 Å². The number of benzene rings is 1. The van der Waals surface area contributed by atoms with Gasteiger partial charge in [0.15, 0.2) is 0 Å². The number of nitrogens with zero attached hydrogens (tertiary/aromatic N) is 2. The highest BCUT2D eigenvalue weighted by molar-refractivity contribution is 5.98. The van der Waals surface area contributed by atoms with Gasteiger partial charge in [0.05, 0.1) is 12.1 Å². The van der Waals surface area contributed by atoms with Crippen LogP contribution in [0.25, 0.3) is 10.9 Å². The number of aromatic nitrogens is 1. The van der Waals surface area contributed by atoms with Crippen molar-refractivity contribution < 1.29 is 14.0 Å². The quantitative estimate of drug-likeness (QED) is 0.636. The number of piperidine rings is 1. The first-order valence-corrected chi connectivity index (χ1v) is 11.5. The van der Waals surface area contributed by atoms with Gasteiger partial charge in [0.25, 0.3) is 5.91 Å². The maximum Gasteiger partial charge on any atom is 0.318 e. The van der Waals surface area contributed by atoms with Crippen molar-refractivity contribution in [2.75, 3.05) is 26.2 Å². The summed E-state index contributed by atoms with van der Waals surface area (Å²) in [4.78, 5) is 32.5. The molecule has 2 atom stereocenters. The Hall–Kier alpha value is -2.32. The number of nitrogens with one attached hydrogen (secondary N) is 3. The van der Waals surface area contributed by atoms with Gasteiger partial charge in [-0.2, -0.15) is 0 Å². The number of likely N-dealkylation sites (tertiary alicyclic amines) is 1. The van der Waals surface area contributed by atoms with Crippen LogP contribution in [0.5, 0.6) is 0 Å². The topological polar surface area (TPSA) is 80.5 Å². The van der Waals surface area contributed by atoms with E-state index in [1.807, 2.05) is 0 Å². The average molecular weight is 464 g/mol. The first-order valence-electron chi connectivity index (χ1n) is 11.5. The van der Waals surface area contributed by atoms with Crippen molar-refractivity contribution in [1.82, 2.24) is 25.4 Å². The van der Waals surface area contributed by atoms with Gasteiger partial charge in [-0.25, -0.2) is 9.18 Å². The summed E-state index contributed by atoms with van der Waals surface area (Å²) in [5, 5.41) is 6.84. The smallest absolute Gasteiger partial charge is 0.318 e. The maximum atomic E-state index is 13.3. The predicted molar refractivity (Wildman–Crippen MR) is 124 cm³/mol. The number of carbonyl (C=O) groups excluding carboxylic acids is 2. The molecule has 3 amide bonds. The van der Waals surface area contributed by atoms with Crippen LogP contribution in [0.3, 0.4) is 0 Å². The number of rotatable bonds is 5. The number of hydrogen-bond donors (Lipinski definition) is 3. The van der Waals surface area contributed by atoms with Gasteiger partial charge in [-0.1, -0.05) is 12.8 Å². The van der Waals surface area contributed by atoms with Crippen LogP contribution in [0.4, 0.5) is 9.18 Å². The fourth-order valence-corrected chi connectivity index (χ4v) is 5.50. The Labute approximate surface area is 193 Å². The summed E-state index contributed by atoms with van der Waals surface area (Å²) in [6, 6.07) is 7.29. The summed E-state index contributed by atoms with van der Waals surface area (Å²) in [7, 11) is 0. The van der Waals surface area contributed by atoms with E-state index in [0.717, 1.165) is 50.8 Å². The first kappa shape index (κ1) is 22.9. The molecule has 5 rings (SSSR count). The number of amides is 3. The minimum absolute atomic E-state index is 0. The molecule has 1 aromatic heterocycles. The summed E-state index contributed by atoms with van der Waals surface area (Å²) in [6.07, 6.45) is 6.63. The van der Waals surface area contributed by atoms with E-state index in [1.54, 1.807) is 12.1 Å². The van der Waals surface area contributed by atoms with E-state index in [-0.39, 0.29) is 30.2 Å². The molecule has 9 heteroatoms. The van der Waals surface area contributed by atoms with Gasteiger partial charge in [-0.3, -0.25) is 4.79 Å². The Morgan fingerprint density at radius 3 is 2.72 bits per heavy atom. The lowest BCUT2D eigenvalue weighted by atomic mass is 9.89. The van der Waals surface area contributed by atoms with Crippen LogP contribution in [0.1, 0.15) is 49.0 Å². The summed E-state index contributed by atoms with van der Waals surface area (Å²) in [5.41, 5.74) is 1.20. The Kier molecular flexibility index (Phi) is 6.90. The lowest BCUT2D eigenvalue weighted by molar-refractivity contribution is 0.0912. The third kappa shape index (κ3) is 4.57. The molecule has 3 fully saturated rings. The van der Waals surface area contributed by atoms with E-state index in [9.17, 15) is 14.0 Å². The van der Waals surface area contributed by atoms with Crippen molar-refractivity contribution in [3.8, 4) is 0 Å². The number of aromatic amines is 1. The van der Waals surface area contributed by atoms with E-state index >= 15 is 0 Å². The van der Waals surface area contributed by atoms with E-state index in [1.165, 1.54) is 25.0 Å². The zero-order valence-corrected chi connectivity index (χ0v) is 18.9. The van der Waals surface area contributed by atoms with E-state index < -0.39 is 0 Å². The number of hydrogen-bond acceptors (Lipinski definition) is 3. The first-order chi connectivity index (χ1) is 15.1. The Morgan fingerprint density at radius 1 is 1.12 bits per heavy atom. The van der Waals surface area contributed by atoms with Crippen LogP contribution in [-0.4, -0.2) is 71.0 Å². The van der Waals surface area contributed by atoms with Gasteiger partial charge < -0.3 is 25.4 Å². The largest absolute Gasteiger partial charge is 0.351 e. The van der Waals surface area contributed by atoms with Gasteiger partial charge >= 0.3 is 6.03 Å². The normalized spacial score (nSPS) is 24.2. The summed E-state index contributed by atoms with van der Waals surface area (Å²) in [5.74, 6) is -0.490. The SMILES string of the molecule is Cl.O=C(NCCN1CCC(N2C(=O)NC3CCCCC32)CC1)c1cc2cc(F)ccc2[nH]1. The molecule has 3 heterocycles. The summed E-state index contributed by atoms with van der Waals surface area (Å²) >= 11 is 0. The molecule has 3 aliphatic rings. The average Bonchev–Trinajstić information content (AvgIpc) is 3.34. The zero-order chi connectivity index (χ0) is 21.4. The highest BCUT2D eigenvalue weighted by atomic mass is 35.5. The number of fused-ring (bicyclic) bond motifs is 2. The minimum atomic E-state index is -0.313. The summed E-state index contributed by atoms with van der Waals surface area (Å²) in [6.45, 7) is 3.22. The summed E-state index contributed by atoms with van der Waals surface area (Å²) < 4.78 is 13.3. The fourth-order valence-electron chi connectivity index (χ4n) is 5.50. The molecule has 2 aromatic rings. The van der Waals surface area contributed by atoms with E-state index in [2.05, 4.69) is 25.4 Å². The third-order valence-corrected chi connectivity index (χ3v) is 7.12. The van der Waals surface area contributed by atoms with Crippen molar-refractivity contribution in [3.05, 3.63) is 35.8 Å². The van der Waals surface area contributed by atoms with Crippen LogP contribution in [0.2, 0.25) is 0 Å². The molecular formula is C23H31ClFN5O2. The molecule has 174 valence electrons. The molecule has 0 radical (unpaired) electrons. The van der Waals surface area contributed by atoms with Crippen LogP contribution >= 0.6 is 12.4 Å². The minimum Gasteiger partial charge on any atom is -0.351 e. The Bertz CT molecular complexity index is 974. The number of carbonyl (C=O) groups is 2. The molecular weight excluding hydrogens is 433 g/mol. The van der Waals surface area contributed by atoms with Crippen molar-refractivity contribution in [2.24, 2.45) is 0 Å². The lowest BCUT2D eigenvalue weighted by Gasteiger charge is -2.40. The third-order valence-electron chi connectivity index (χ3n) is 7.12. The van der Waals surface area contributed by atoms with E-state index in [4.69, 9.17) is 0 Å². The standard InChI is InChI=1S/C23H30FN5O2.ClH/c24-16-5-6-18-15(13-16)14-20(26-18)22(30)25-9-12-28-10-7-17(8-11-28)29-21-4-2-1-3-19(21)27-23(29)31;/h5-6,13-14,17,19,21,26H,1-4,7-12H2,(H,25,30)(H,27,31);1H. The molecule has 7 nitrogen and oxygen atoms in total. The van der Waals surface area contributed by atoms with Crippen molar-refractivity contribution >= 4 is 35.2 Å².